The van der Waals surface area contributed by atoms with Crippen molar-refractivity contribution in [1.29, 1.82) is 0 Å². The molecule has 1 atom stereocenters. The number of carbonyl (C=O) groups is 1. The number of ether oxygens (including phenoxy) is 1. The molecule has 0 aromatic carbocycles. The van der Waals surface area contributed by atoms with E-state index in [1.165, 1.54) is 12.0 Å². The van der Waals surface area contributed by atoms with E-state index in [0.29, 0.717) is 11.0 Å². The lowest BCUT2D eigenvalue weighted by molar-refractivity contribution is -0.124. The number of piperidine rings is 1. The van der Waals surface area contributed by atoms with Crippen molar-refractivity contribution in [2.24, 2.45) is 0 Å². The van der Waals surface area contributed by atoms with Gasteiger partial charge in [-0.25, -0.2) is 4.98 Å². The van der Waals surface area contributed by atoms with E-state index in [9.17, 15) is 4.79 Å². The first kappa shape index (κ1) is 13.5. The molecule has 1 aliphatic rings. The van der Waals surface area contributed by atoms with Gasteiger partial charge in [0, 0.05) is 18.2 Å². The number of methoxy groups -OCH3 is 1. The van der Waals surface area contributed by atoms with Gasteiger partial charge < -0.3 is 10.1 Å². The van der Waals surface area contributed by atoms with E-state index in [0.717, 1.165) is 25.9 Å². The van der Waals surface area contributed by atoms with Crippen molar-refractivity contribution in [2.75, 3.05) is 25.5 Å². The van der Waals surface area contributed by atoms with E-state index in [1.807, 2.05) is 6.20 Å². The van der Waals surface area contributed by atoms with Crippen LogP contribution in [0, 0.1) is 0 Å². The zero-order valence-corrected chi connectivity index (χ0v) is 11.5. The third-order valence-corrected chi connectivity index (χ3v) is 4.29. The lowest BCUT2D eigenvalue weighted by Gasteiger charge is -2.20. The minimum Gasteiger partial charge on any atom is -0.372 e. The predicted octanol–water partition coefficient (Wildman–Crippen LogP) is 1.58. The Bertz CT molecular complexity index is 402. The van der Waals surface area contributed by atoms with Crippen LogP contribution in [0.1, 0.15) is 30.6 Å². The van der Waals surface area contributed by atoms with E-state index in [1.54, 1.807) is 18.3 Å². The lowest BCUT2D eigenvalue weighted by Crippen LogP contribution is -2.26. The minimum atomic E-state index is -0.448. The van der Waals surface area contributed by atoms with Crippen LogP contribution >= 0.6 is 11.3 Å². The average molecular weight is 269 g/mol. The van der Waals surface area contributed by atoms with Gasteiger partial charge in [0.1, 0.15) is 6.10 Å². The molecule has 1 fully saturated rings. The Morgan fingerprint density at radius 2 is 2.33 bits per heavy atom. The molecule has 100 valence electrons. The Balaban J connectivity index is 1.95. The second kappa shape index (κ2) is 6.26. The summed E-state index contributed by atoms with van der Waals surface area (Å²) >= 11 is 1.57. The Morgan fingerprint density at radius 1 is 1.61 bits per heavy atom. The van der Waals surface area contributed by atoms with Crippen LogP contribution in [0.25, 0.3) is 0 Å². The van der Waals surface area contributed by atoms with Crippen molar-refractivity contribution in [1.82, 2.24) is 10.3 Å². The first-order valence-corrected chi connectivity index (χ1v) is 7.02. The Hall–Kier alpha value is -0.980. The predicted molar refractivity (Wildman–Crippen MR) is 72.1 cm³/mol. The van der Waals surface area contributed by atoms with Crippen LogP contribution in [0.4, 0.5) is 5.13 Å². The summed E-state index contributed by atoms with van der Waals surface area (Å²) in [7, 11) is 1.52. The summed E-state index contributed by atoms with van der Waals surface area (Å²) in [5.74, 6) is 0.429. The molecule has 2 rings (SSSR count). The van der Waals surface area contributed by atoms with Gasteiger partial charge in [0.15, 0.2) is 5.13 Å². The highest BCUT2D eigenvalue weighted by molar-refractivity contribution is 7.15. The van der Waals surface area contributed by atoms with E-state index in [4.69, 9.17) is 4.74 Å². The fourth-order valence-electron chi connectivity index (χ4n) is 1.95. The summed E-state index contributed by atoms with van der Waals surface area (Å²) in [5.41, 5.74) is 0. The zero-order valence-electron chi connectivity index (χ0n) is 10.7. The van der Waals surface area contributed by atoms with Gasteiger partial charge in [-0.05, 0) is 38.8 Å². The van der Waals surface area contributed by atoms with E-state index >= 15 is 0 Å². The summed E-state index contributed by atoms with van der Waals surface area (Å²) in [6.07, 6.45) is 3.72. The second-order valence-electron chi connectivity index (χ2n) is 4.46. The molecular weight excluding hydrogens is 250 g/mol. The molecule has 2 heterocycles. The number of anilines is 1. The molecule has 1 amide bonds. The maximum absolute atomic E-state index is 11.6. The van der Waals surface area contributed by atoms with Crippen LogP contribution in [0.3, 0.4) is 0 Å². The molecule has 18 heavy (non-hydrogen) atoms. The first-order chi connectivity index (χ1) is 8.70. The number of thiazole rings is 1. The Morgan fingerprint density at radius 3 is 3.00 bits per heavy atom. The summed E-state index contributed by atoms with van der Waals surface area (Å²) in [5, 5.41) is 6.79. The number of nitrogens with zero attached hydrogens (tertiary/aromatic N) is 1. The van der Waals surface area contributed by atoms with Crippen molar-refractivity contribution in [3.05, 3.63) is 11.1 Å². The molecule has 0 spiro atoms. The van der Waals surface area contributed by atoms with Crippen molar-refractivity contribution in [2.45, 2.75) is 31.8 Å². The molecule has 2 N–H and O–H groups in total. The van der Waals surface area contributed by atoms with E-state index in [2.05, 4.69) is 15.6 Å². The Labute approximate surface area is 111 Å². The second-order valence-corrected chi connectivity index (χ2v) is 5.52. The lowest BCUT2D eigenvalue weighted by atomic mass is 9.97. The summed E-state index contributed by atoms with van der Waals surface area (Å²) in [6, 6.07) is 0. The molecular formula is C12H19N3O2S. The van der Waals surface area contributed by atoms with Gasteiger partial charge in [-0.1, -0.05) is 0 Å². The summed E-state index contributed by atoms with van der Waals surface area (Å²) in [4.78, 5) is 17.2. The number of nitrogens with one attached hydrogen (secondary N) is 2. The zero-order chi connectivity index (χ0) is 13.0. The topological polar surface area (TPSA) is 63.2 Å². The van der Waals surface area contributed by atoms with Gasteiger partial charge >= 0.3 is 0 Å². The van der Waals surface area contributed by atoms with E-state index < -0.39 is 6.10 Å². The number of rotatable bonds is 4. The van der Waals surface area contributed by atoms with Gasteiger partial charge in [0.05, 0.1) is 0 Å². The van der Waals surface area contributed by atoms with Crippen LogP contribution in [-0.4, -0.2) is 37.2 Å². The van der Waals surface area contributed by atoms with Crippen molar-refractivity contribution < 1.29 is 9.53 Å². The summed E-state index contributed by atoms with van der Waals surface area (Å²) < 4.78 is 4.96. The molecule has 1 aromatic rings. The molecule has 1 unspecified atom stereocenters. The Kier molecular flexibility index (Phi) is 4.68. The number of aromatic nitrogens is 1. The van der Waals surface area contributed by atoms with E-state index in [-0.39, 0.29) is 5.91 Å². The number of carbonyl (C=O) groups excluding carboxylic acids is 1. The normalized spacial score (nSPS) is 18.6. The number of hydrogen-bond acceptors (Lipinski definition) is 5. The van der Waals surface area contributed by atoms with Crippen LogP contribution in [0.15, 0.2) is 6.20 Å². The van der Waals surface area contributed by atoms with Gasteiger partial charge in [-0.3, -0.25) is 10.1 Å². The SMILES string of the molecule is COC(C)C(=O)Nc1ncc(C2CCNCC2)s1. The molecule has 1 aliphatic heterocycles. The minimum absolute atomic E-state index is 0.149. The first-order valence-electron chi connectivity index (χ1n) is 6.21. The molecule has 0 radical (unpaired) electrons. The quantitative estimate of drug-likeness (QED) is 0.871. The van der Waals surface area contributed by atoms with Crippen molar-refractivity contribution in [3.8, 4) is 0 Å². The standard InChI is InChI=1S/C12H19N3O2S/c1-8(17-2)11(16)15-12-14-7-10(18-12)9-3-5-13-6-4-9/h7-9,13H,3-6H2,1-2H3,(H,14,15,16). The highest BCUT2D eigenvalue weighted by Gasteiger charge is 2.19. The molecule has 0 aliphatic carbocycles. The molecule has 1 aromatic heterocycles. The number of hydrogen-bond donors (Lipinski definition) is 2. The third kappa shape index (κ3) is 3.28. The summed E-state index contributed by atoms with van der Waals surface area (Å²) in [6.45, 7) is 3.84. The van der Waals surface area contributed by atoms with Crippen molar-refractivity contribution >= 4 is 22.4 Å². The average Bonchev–Trinajstić information content (AvgIpc) is 2.87. The van der Waals surface area contributed by atoms with Crippen LogP contribution in [0.5, 0.6) is 0 Å². The fourth-order valence-corrected chi connectivity index (χ4v) is 2.94. The van der Waals surface area contributed by atoms with Gasteiger partial charge in [0.25, 0.3) is 5.91 Å². The maximum Gasteiger partial charge on any atom is 0.254 e. The molecule has 0 bridgehead atoms. The third-order valence-electron chi connectivity index (χ3n) is 3.22. The van der Waals surface area contributed by atoms with Crippen LogP contribution in [-0.2, 0) is 9.53 Å². The maximum atomic E-state index is 11.6. The van der Waals surface area contributed by atoms with Gasteiger partial charge in [0.2, 0.25) is 0 Å². The monoisotopic (exact) mass is 269 g/mol. The smallest absolute Gasteiger partial charge is 0.254 e. The molecule has 6 heteroatoms. The molecule has 1 saturated heterocycles. The molecule has 0 saturated carbocycles. The van der Waals surface area contributed by atoms with Crippen LogP contribution < -0.4 is 10.6 Å². The highest BCUT2D eigenvalue weighted by Crippen LogP contribution is 2.31. The van der Waals surface area contributed by atoms with Gasteiger partial charge in [-0.2, -0.15) is 0 Å². The number of amides is 1. The van der Waals surface area contributed by atoms with Crippen LogP contribution in [0.2, 0.25) is 0 Å². The molecule has 5 nitrogen and oxygen atoms in total. The fraction of sp³-hybridized carbons (Fsp3) is 0.667. The highest BCUT2D eigenvalue weighted by atomic mass is 32.1. The van der Waals surface area contributed by atoms with Gasteiger partial charge in [-0.15, -0.1) is 11.3 Å². The van der Waals surface area contributed by atoms with Crippen molar-refractivity contribution in [3.63, 3.8) is 0 Å². The largest absolute Gasteiger partial charge is 0.372 e.